The van der Waals surface area contributed by atoms with E-state index in [-0.39, 0.29) is 92.1 Å². The molecule has 4 nitrogen and oxygen atoms in total. The van der Waals surface area contributed by atoms with E-state index >= 15 is 4.39 Å². The van der Waals surface area contributed by atoms with E-state index in [0.717, 1.165) is 57.0 Å². The summed E-state index contributed by atoms with van der Waals surface area (Å²) >= 11 is 0. The van der Waals surface area contributed by atoms with Gasteiger partial charge in [0.2, 0.25) is 0 Å². The Morgan fingerprint density at radius 3 is 1.95 bits per heavy atom. The Morgan fingerprint density at radius 1 is 0.947 bits per heavy atom. The minimum absolute atomic E-state index is 0. The number of alkyl halides is 3. The van der Waals surface area contributed by atoms with Gasteiger partial charge < -0.3 is 16.0 Å². The molecule has 0 saturated carbocycles. The molecule has 2 aromatic rings. The van der Waals surface area contributed by atoms with Gasteiger partial charge in [-0.05, 0) is 96.7 Å². The van der Waals surface area contributed by atoms with Crippen LogP contribution in [0.5, 0.6) is 0 Å². The molecule has 0 aliphatic rings. The van der Waals surface area contributed by atoms with E-state index in [1.54, 1.807) is 6.08 Å². The van der Waals surface area contributed by atoms with E-state index in [1.807, 2.05) is 75.3 Å². The van der Waals surface area contributed by atoms with Crippen LogP contribution in [0.15, 0.2) is 42.5 Å². The molecule has 1 heterocycles. The Morgan fingerprint density at radius 2 is 1.51 bits per heavy atom. The van der Waals surface area contributed by atoms with Gasteiger partial charge in [-0.15, -0.1) is 9.24 Å². The maximum atomic E-state index is 16.6. The Kier molecular flexibility index (Phi) is 40.1. The number of nitrogens with zero attached hydrogens (tertiary/aromatic N) is 2. The number of nitrogens with one attached hydrogen (secondary N) is 2. The first-order valence-electron chi connectivity index (χ1n) is 21.3. The van der Waals surface area contributed by atoms with Gasteiger partial charge in [0.25, 0.3) is 0 Å². The smallest absolute Gasteiger partial charge is 0.810 e. The molecule has 0 saturated heterocycles. The van der Waals surface area contributed by atoms with Gasteiger partial charge in [0, 0.05) is 17.8 Å². The number of rotatable bonds is 20. The summed E-state index contributed by atoms with van der Waals surface area (Å²) in [6, 6.07) is 1.41. The van der Waals surface area contributed by atoms with Gasteiger partial charge in [-0.1, -0.05) is 147 Å². The Labute approximate surface area is 393 Å². The second-order valence-corrected chi connectivity index (χ2v) is 14.0. The fourth-order valence-corrected chi connectivity index (χ4v) is 6.32. The van der Waals surface area contributed by atoms with E-state index in [1.165, 1.54) is 32.3 Å². The molecule has 2 atom stereocenters. The van der Waals surface area contributed by atoms with Gasteiger partial charge in [-0.25, -0.2) is 9.37 Å². The number of aromatic nitrogens is 1. The molecule has 0 fully saturated rings. The first-order chi connectivity index (χ1) is 26.6. The molecule has 0 spiro atoms. The van der Waals surface area contributed by atoms with Crippen molar-refractivity contribution < 1.29 is 68.9 Å². The first-order valence-corrected chi connectivity index (χ1v) is 21.9. The minimum atomic E-state index is -4.75. The third-order valence-corrected chi connectivity index (χ3v) is 9.42. The predicted octanol–water partition coefficient (Wildman–Crippen LogP) is 11.9. The molecular formula is C47H80F4KN4P. The van der Waals surface area contributed by atoms with E-state index in [9.17, 15) is 18.6 Å². The zero-order valence-electron chi connectivity index (χ0n) is 38.8. The third kappa shape index (κ3) is 22.8. The van der Waals surface area contributed by atoms with Crippen molar-refractivity contribution in [2.24, 2.45) is 5.92 Å². The molecule has 322 valence electrons. The topological polar surface area (TPSA) is 59.2 Å². The molecular weight excluding hydrogens is 767 g/mol. The number of benzene rings is 1. The Balaban J connectivity index is -0.00000105. The van der Waals surface area contributed by atoms with Crippen LogP contribution in [-0.4, -0.2) is 30.8 Å². The van der Waals surface area contributed by atoms with Crippen molar-refractivity contribution in [3.63, 3.8) is 0 Å². The van der Waals surface area contributed by atoms with Crippen LogP contribution in [0.3, 0.4) is 0 Å². The second-order valence-electron chi connectivity index (χ2n) is 13.5. The Hall–Kier alpha value is -1.19. The van der Waals surface area contributed by atoms with E-state index in [2.05, 4.69) is 58.8 Å². The quantitative estimate of drug-likeness (QED) is 0.0349. The van der Waals surface area contributed by atoms with Gasteiger partial charge >= 0.3 is 57.6 Å². The molecule has 0 radical (unpaired) electrons. The van der Waals surface area contributed by atoms with Crippen LogP contribution in [0.25, 0.3) is 16.7 Å². The number of halogens is 4. The molecule has 2 rings (SSSR count). The average Bonchev–Trinajstić information content (AvgIpc) is 3.17. The molecule has 2 N–H and O–H groups in total. The van der Waals surface area contributed by atoms with Crippen LogP contribution in [-0.2, 0) is 12.6 Å². The maximum absolute atomic E-state index is 16.6. The predicted molar refractivity (Wildman–Crippen MR) is 247 cm³/mol. The molecule has 2 unspecified atom stereocenters. The fraction of sp³-hybridized carbons (Fsp3) is 0.617. The van der Waals surface area contributed by atoms with Crippen LogP contribution >= 0.6 is 9.24 Å². The van der Waals surface area contributed by atoms with Gasteiger partial charge in [0.15, 0.2) is 5.82 Å². The number of hydrogen-bond acceptors (Lipinski definition) is 3. The summed E-state index contributed by atoms with van der Waals surface area (Å²) < 4.78 is 60.5. The van der Waals surface area contributed by atoms with E-state index in [4.69, 9.17) is 0 Å². The summed E-state index contributed by atoms with van der Waals surface area (Å²) in [5.74, 6) is -1.01. The van der Waals surface area contributed by atoms with Crippen LogP contribution < -0.4 is 67.3 Å². The van der Waals surface area contributed by atoms with E-state index < -0.39 is 23.3 Å². The molecule has 1 aromatic carbocycles. The standard InChI is InChI=1S/C36H50F4N4P.C5H12.3C2H6.K/c1-9-12-15-42-16-14-23(6)18-30-29(20-41)33(43-21-24(7)17-26(11-3)13-10-2)32(37)34(44-30)28-19-27(22(4)5)35(45)25(8)31(28)36(38,39)40;1-3-5-4-2;3*1-2;/h11,17,19-20,22-23,42H,3,7,9-10,12-16,18,21,45H2,1-2,4-6,8H3,(H,43,44);3-5H2,1-2H3;3*1-2H3;/q-1;;;;;+1/b26-17-;;;;;. The van der Waals surface area contributed by atoms with Crippen LogP contribution in [0, 0.1) is 18.7 Å². The minimum Gasteiger partial charge on any atom is -0.810 e. The zero-order chi connectivity index (χ0) is 44.0. The van der Waals surface area contributed by atoms with Crippen molar-refractivity contribution in [1.82, 2.24) is 10.3 Å². The van der Waals surface area contributed by atoms with Crippen LogP contribution in [0.4, 0.5) is 23.2 Å². The molecule has 1 aromatic heterocycles. The summed E-state index contributed by atoms with van der Waals surface area (Å²) in [5, 5.41) is 17.2. The van der Waals surface area contributed by atoms with Gasteiger partial charge in [-0.3, -0.25) is 0 Å². The molecule has 57 heavy (non-hydrogen) atoms. The summed E-state index contributed by atoms with van der Waals surface area (Å²) in [7, 11) is 2.42. The van der Waals surface area contributed by atoms with E-state index in [0.29, 0.717) is 28.6 Å². The Bertz CT molecular complexity index is 1440. The zero-order valence-corrected chi connectivity index (χ0v) is 43.1. The van der Waals surface area contributed by atoms with Crippen molar-refractivity contribution in [1.29, 1.82) is 0 Å². The number of pyridine rings is 1. The summed E-state index contributed by atoms with van der Waals surface area (Å²) in [6.07, 6.45) is 8.69. The number of unbranched alkanes of at least 4 members (excludes halogenated alkanes) is 3. The summed E-state index contributed by atoms with van der Waals surface area (Å²) in [5.41, 5.74) is 0.985. The molecule has 0 aliphatic carbocycles. The molecule has 10 heteroatoms. The van der Waals surface area contributed by atoms with Crippen molar-refractivity contribution in [3.8, 4) is 11.3 Å². The SMILES string of the molecule is C=C/C(=C/C(=C)CNc1c(F)c(-c2cc(C(C)C)c(P)c(C)c2C(F)(F)F)nc(CC(C)CCNCCCC)c1C=[N-])CCC.CC.CC.CC.CCCCC.[K+]. The van der Waals surface area contributed by atoms with Gasteiger partial charge in [0.1, 0.15) is 5.69 Å². The largest absolute Gasteiger partial charge is 1.00 e. The van der Waals surface area contributed by atoms with Crippen molar-refractivity contribution >= 4 is 26.4 Å². The monoisotopic (exact) mass is 847 g/mol. The number of hydrogen-bond donors (Lipinski definition) is 2. The number of allylic oxidation sites excluding steroid dienone is 2. The second kappa shape index (κ2) is 36.6. The first kappa shape index (κ1) is 62.5. The fourth-order valence-electron chi connectivity index (χ4n) is 5.76. The van der Waals surface area contributed by atoms with Crippen LogP contribution in [0.2, 0.25) is 0 Å². The van der Waals surface area contributed by atoms with Crippen molar-refractivity contribution in [2.45, 2.75) is 167 Å². The normalized spacial score (nSPS) is 11.2. The van der Waals surface area contributed by atoms with Crippen molar-refractivity contribution in [3.05, 3.63) is 81.7 Å². The molecule has 0 aliphatic heterocycles. The van der Waals surface area contributed by atoms with Gasteiger partial charge in [-0.2, -0.15) is 19.4 Å². The van der Waals surface area contributed by atoms with Crippen molar-refractivity contribution in [2.75, 3.05) is 25.0 Å². The average molecular weight is 847 g/mol. The maximum Gasteiger partial charge on any atom is 1.00 e. The number of anilines is 1. The van der Waals surface area contributed by atoms with Gasteiger partial charge in [0.05, 0.1) is 11.3 Å². The molecule has 0 amide bonds. The summed E-state index contributed by atoms with van der Waals surface area (Å²) in [4.78, 5) is 4.55. The third-order valence-electron chi connectivity index (χ3n) is 8.66. The van der Waals surface area contributed by atoms with Crippen LogP contribution in [0.1, 0.15) is 175 Å². The molecule has 0 bridgehead atoms. The summed E-state index contributed by atoms with van der Waals surface area (Å²) in [6.45, 7) is 37.5.